The van der Waals surface area contributed by atoms with Gasteiger partial charge in [-0.2, -0.15) is 5.26 Å². The SMILES string of the molecule is N#CC(C(=O)c1cc2ccccc2o1)c1ccccc1Br. The van der Waals surface area contributed by atoms with Gasteiger partial charge in [-0.25, -0.2) is 0 Å². The highest BCUT2D eigenvalue weighted by Crippen LogP contribution is 2.29. The van der Waals surface area contributed by atoms with E-state index in [0.29, 0.717) is 11.1 Å². The van der Waals surface area contributed by atoms with Gasteiger partial charge < -0.3 is 4.42 Å². The van der Waals surface area contributed by atoms with E-state index >= 15 is 0 Å². The monoisotopic (exact) mass is 339 g/mol. The topological polar surface area (TPSA) is 54.0 Å². The summed E-state index contributed by atoms with van der Waals surface area (Å²) in [4.78, 5) is 12.6. The molecule has 1 heterocycles. The van der Waals surface area contributed by atoms with Crippen LogP contribution in [0.5, 0.6) is 0 Å². The smallest absolute Gasteiger partial charge is 0.219 e. The molecule has 0 N–H and O–H groups in total. The number of carbonyl (C=O) groups is 1. The Morgan fingerprint density at radius 1 is 1.14 bits per heavy atom. The maximum Gasteiger partial charge on any atom is 0.219 e. The number of carbonyl (C=O) groups excluding carboxylic acids is 1. The first-order chi connectivity index (χ1) is 10.2. The number of benzene rings is 2. The Balaban J connectivity index is 2.03. The van der Waals surface area contributed by atoms with E-state index in [2.05, 4.69) is 22.0 Å². The number of fused-ring (bicyclic) bond motifs is 1. The molecule has 0 bridgehead atoms. The van der Waals surface area contributed by atoms with E-state index in [0.717, 1.165) is 9.86 Å². The van der Waals surface area contributed by atoms with Crippen molar-refractivity contribution in [1.82, 2.24) is 0 Å². The largest absolute Gasteiger partial charge is 0.453 e. The maximum absolute atomic E-state index is 12.6. The maximum atomic E-state index is 12.6. The summed E-state index contributed by atoms with van der Waals surface area (Å²) < 4.78 is 6.30. The minimum Gasteiger partial charge on any atom is -0.453 e. The molecular formula is C17H10BrNO2. The summed E-state index contributed by atoms with van der Waals surface area (Å²) in [7, 11) is 0. The van der Waals surface area contributed by atoms with Crippen molar-refractivity contribution in [3.05, 3.63) is 70.4 Å². The van der Waals surface area contributed by atoms with Crippen molar-refractivity contribution in [3.63, 3.8) is 0 Å². The van der Waals surface area contributed by atoms with Gasteiger partial charge in [-0.05, 0) is 23.8 Å². The number of hydrogen-bond donors (Lipinski definition) is 0. The highest BCUT2D eigenvalue weighted by Gasteiger charge is 2.26. The zero-order valence-electron chi connectivity index (χ0n) is 10.9. The summed E-state index contributed by atoms with van der Waals surface area (Å²) in [5.41, 5.74) is 1.29. The normalized spacial score (nSPS) is 12.0. The molecule has 0 amide bonds. The van der Waals surface area contributed by atoms with E-state index in [1.165, 1.54) is 0 Å². The number of nitrogens with zero attached hydrogens (tertiary/aromatic N) is 1. The molecular weight excluding hydrogens is 330 g/mol. The van der Waals surface area contributed by atoms with Gasteiger partial charge in [-0.1, -0.05) is 52.3 Å². The predicted molar refractivity (Wildman–Crippen MR) is 83.0 cm³/mol. The van der Waals surface area contributed by atoms with Crippen molar-refractivity contribution in [2.24, 2.45) is 0 Å². The van der Waals surface area contributed by atoms with E-state index in [1.54, 1.807) is 24.3 Å². The van der Waals surface area contributed by atoms with Crippen LogP contribution in [0, 0.1) is 11.3 Å². The summed E-state index contributed by atoms with van der Waals surface area (Å²) in [5, 5.41) is 10.2. The second-order valence-corrected chi connectivity index (χ2v) is 5.45. The Bertz CT molecular complexity index is 827. The fraction of sp³-hybridized carbons (Fsp3) is 0.0588. The van der Waals surface area contributed by atoms with Crippen LogP contribution in [0.15, 0.2) is 63.5 Å². The van der Waals surface area contributed by atoms with Crippen molar-refractivity contribution in [3.8, 4) is 6.07 Å². The Hall–Kier alpha value is -2.38. The third-order valence-corrected chi connectivity index (χ3v) is 4.00. The van der Waals surface area contributed by atoms with Gasteiger partial charge in [0.15, 0.2) is 5.76 Å². The Morgan fingerprint density at radius 3 is 2.57 bits per heavy atom. The molecule has 102 valence electrons. The van der Waals surface area contributed by atoms with Gasteiger partial charge in [0.25, 0.3) is 0 Å². The molecule has 0 saturated heterocycles. The van der Waals surface area contributed by atoms with Gasteiger partial charge in [0.1, 0.15) is 11.5 Å². The lowest BCUT2D eigenvalue weighted by Gasteiger charge is -2.08. The summed E-state index contributed by atoms with van der Waals surface area (Å²) in [5.74, 6) is -1.01. The molecule has 0 fully saturated rings. The molecule has 4 heteroatoms. The second-order valence-electron chi connectivity index (χ2n) is 4.60. The zero-order valence-corrected chi connectivity index (χ0v) is 12.5. The first-order valence-corrected chi connectivity index (χ1v) is 7.17. The van der Waals surface area contributed by atoms with Crippen LogP contribution < -0.4 is 0 Å². The number of nitriles is 1. The lowest BCUT2D eigenvalue weighted by Crippen LogP contribution is -2.11. The van der Waals surface area contributed by atoms with Crippen molar-refractivity contribution in [2.75, 3.05) is 0 Å². The average molecular weight is 340 g/mol. The molecule has 0 saturated carbocycles. The minimum atomic E-state index is -0.888. The minimum absolute atomic E-state index is 0.207. The summed E-state index contributed by atoms with van der Waals surface area (Å²) in [6.45, 7) is 0. The molecule has 1 unspecified atom stereocenters. The zero-order chi connectivity index (χ0) is 14.8. The summed E-state index contributed by atoms with van der Waals surface area (Å²) in [6, 6.07) is 18.3. The molecule has 2 aromatic carbocycles. The van der Waals surface area contributed by atoms with Crippen LogP contribution in [0.4, 0.5) is 0 Å². The lowest BCUT2D eigenvalue weighted by atomic mass is 9.95. The molecule has 3 nitrogen and oxygen atoms in total. The summed E-state index contributed by atoms with van der Waals surface area (Å²) >= 11 is 3.38. The molecule has 0 radical (unpaired) electrons. The van der Waals surface area contributed by atoms with Crippen LogP contribution >= 0.6 is 15.9 Å². The van der Waals surface area contributed by atoms with E-state index in [-0.39, 0.29) is 11.5 Å². The first-order valence-electron chi connectivity index (χ1n) is 6.37. The molecule has 0 aliphatic heterocycles. The fourth-order valence-corrected chi connectivity index (χ4v) is 2.74. The third kappa shape index (κ3) is 2.48. The molecule has 1 atom stereocenters. The van der Waals surface area contributed by atoms with E-state index in [4.69, 9.17) is 4.42 Å². The number of para-hydroxylation sites is 1. The quantitative estimate of drug-likeness (QED) is 0.650. The highest BCUT2D eigenvalue weighted by molar-refractivity contribution is 9.10. The van der Waals surface area contributed by atoms with Crippen LogP contribution in [0.25, 0.3) is 11.0 Å². The molecule has 0 aliphatic rings. The number of furan rings is 1. The molecule has 0 aliphatic carbocycles. The number of hydrogen-bond acceptors (Lipinski definition) is 3. The predicted octanol–water partition coefficient (Wildman–Crippen LogP) is 4.69. The molecule has 3 rings (SSSR count). The third-order valence-electron chi connectivity index (χ3n) is 3.28. The molecule has 0 spiro atoms. The number of ketones is 1. The Kier molecular flexibility index (Phi) is 3.59. The molecule has 21 heavy (non-hydrogen) atoms. The van der Waals surface area contributed by atoms with Crippen LogP contribution in [0.2, 0.25) is 0 Å². The first kappa shape index (κ1) is 13.6. The van der Waals surface area contributed by atoms with Crippen molar-refractivity contribution >= 4 is 32.7 Å². The van der Waals surface area contributed by atoms with Crippen LogP contribution in [-0.4, -0.2) is 5.78 Å². The molecule has 1 aromatic heterocycles. The second kappa shape index (κ2) is 5.55. The average Bonchev–Trinajstić information content (AvgIpc) is 2.93. The number of halogens is 1. The van der Waals surface area contributed by atoms with Gasteiger partial charge in [-0.3, -0.25) is 4.79 Å². The van der Waals surface area contributed by atoms with Gasteiger partial charge in [-0.15, -0.1) is 0 Å². The van der Waals surface area contributed by atoms with Crippen LogP contribution in [0.1, 0.15) is 22.0 Å². The Labute approximate surface area is 129 Å². The van der Waals surface area contributed by atoms with Crippen molar-refractivity contribution in [1.29, 1.82) is 5.26 Å². The number of Topliss-reactive ketones (excluding diaryl/α,β-unsaturated/α-hetero) is 1. The van der Waals surface area contributed by atoms with E-state index in [1.807, 2.05) is 30.3 Å². The van der Waals surface area contributed by atoms with Crippen molar-refractivity contribution < 1.29 is 9.21 Å². The standard InChI is InChI=1S/C17H10BrNO2/c18-14-7-3-2-6-12(14)13(10-19)17(20)16-9-11-5-1-4-8-15(11)21-16/h1-9,13H. The van der Waals surface area contributed by atoms with Gasteiger partial charge in [0.05, 0.1) is 6.07 Å². The summed E-state index contributed by atoms with van der Waals surface area (Å²) in [6.07, 6.45) is 0. The van der Waals surface area contributed by atoms with E-state index in [9.17, 15) is 10.1 Å². The van der Waals surface area contributed by atoms with Crippen molar-refractivity contribution in [2.45, 2.75) is 5.92 Å². The Morgan fingerprint density at radius 2 is 1.86 bits per heavy atom. The van der Waals surface area contributed by atoms with Gasteiger partial charge in [0.2, 0.25) is 5.78 Å². The van der Waals surface area contributed by atoms with Crippen LogP contribution in [0.3, 0.4) is 0 Å². The lowest BCUT2D eigenvalue weighted by molar-refractivity contribution is 0.0954. The number of rotatable bonds is 3. The highest BCUT2D eigenvalue weighted by atomic mass is 79.9. The van der Waals surface area contributed by atoms with Crippen LogP contribution in [-0.2, 0) is 0 Å². The van der Waals surface area contributed by atoms with E-state index < -0.39 is 5.92 Å². The fourth-order valence-electron chi connectivity index (χ4n) is 2.22. The van der Waals surface area contributed by atoms with Gasteiger partial charge in [0, 0.05) is 9.86 Å². The molecule has 3 aromatic rings. The van der Waals surface area contributed by atoms with Gasteiger partial charge >= 0.3 is 0 Å².